The Morgan fingerprint density at radius 3 is 2.88 bits per heavy atom. The Morgan fingerprint density at radius 2 is 2.17 bits per heavy atom. The van der Waals surface area contributed by atoms with Gasteiger partial charge in [-0.2, -0.15) is 0 Å². The highest BCUT2D eigenvalue weighted by Crippen LogP contribution is 2.16. The summed E-state index contributed by atoms with van der Waals surface area (Å²) in [6.45, 7) is 5.24. The normalized spacial score (nSPS) is 11.5. The summed E-state index contributed by atoms with van der Waals surface area (Å²) in [7, 11) is 1.98. The van der Waals surface area contributed by atoms with Crippen molar-refractivity contribution < 1.29 is 0 Å². The van der Waals surface area contributed by atoms with Gasteiger partial charge in [-0.15, -0.1) is 11.3 Å². The standard InChI is InChI=1S/C17H19ClN4OS/c1-11-5-4-7-22-16(11)20-15(18)13(17(22)23)9-21(3)8-6-14-12(2)19-10-24-14/h4-5,7,10H,6,8-9H2,1-3H3. The van der Waals surface area contributed by atoms with Crippen molar-refractivity contribution >= 4 is 28.6 Å². The van der Waals surface area contributed by atoms with E-state index in [9.17, 15) is 4.79 Å². The van der Waals surface area contributed by atoms with E-state index in [-0.39, 0.29) is 10.7 Å². The fourth-order valence-electron chi connectivity index (χ4n) is 2.65. The molecule has 24 heavy (non-hydrogen) atoms. The zero-order chi connectivity index (χ0) is 17.3. The lowest BCUT2D eigenvalue weighted by atomic mass is 10.2. The third-order valence-electron chi connectivity index (χ3n) is 4.09. The van der Waals surface area contributed by atoms with Gasteiger partial charge >= 0.3 is 0 Å². The molecule has 0 aromatic carbocycles. The second-order valence-corrected chi connectivity index (χ2v) is 7.22. The van der Waals surface area contributed by atoms with E-state index in [2.05, 4.69) is 14.9 Å². The molecular weight excluding hydrogens is 344 g/mol. The van der Waals surface area contributed by atoms with Crippen molar-refractivity contribution in [3.8, 4) is 0 Å². The molecule has 0 unspecified atom stereocenters. The molecule has 0 amide bonds. The molecule has 0 radical (unpaired) electrons. The van der Waals surface area contributed by atoms with Gasteiger partial charge in [-0.1, -0.05) is 17.7 Å². The monoisotopic (exact) mass is 362 g/mol. The number of likely N-dealkylation sites (N-methyl/N-ethyl adjacent to an activating group) is 1. The first-order valence-corrected chi connectivity index (χ1v) is 8.97. The Balaban J connectivity index is 1.82. The smallest absolute Gasteiger partial charge is 0.263 e. The summed E-state index contributed by atoms with van der Waals surface area (Å²) < 4.78 is 1.57. The number of hydrogen-bond acceptors (Lipinski definition) is 5. The summed E-state index contributed by atoms with van der Waals surface area (Å²) in [5, 5.41) is 0.287. The van der Waals surface area contributed by atoms with Crippen molar-refractivity contribution in [3.63, 3.8) is 0 Å². The largest absolute Gasteiger partial charge is 0.301 e. The van der Waals surface area contributed by atoms with Crippen LogP contribution in [0.2, 0.25) is 5.15 Å². The lowest BCUT2D eigenvalue weighted by molar-refractivity contribution is 0.330. The van der Waals surface area contributed by atoms with E-state index in [0.29, 0.717) is 17.8 Å². The summed E-state index contributed by atoms with van der Waals surface area (Å²) in [6.07, 6.45) is 2.64. The van der Waals surface area contributed by atoms with Gasteiger partial charge < -0.3 is 4.90 Å². The van der Waals surface area contributed by atoms with Crippen molar-refractivity contribution in [1.29, 1.82) is 0 Å². The van der Waals surface area contributed by atoms with Crippen molar-refractivity contribution in [3.05, 3.63) is 61.0 Å². The molecule has 0 aliphatic heterocycles. The molecule has 7 heteroatoms. The van der Waals surface area contributed by atoms with Crippen LogP contribution in [0.1, 0.15) is 21.7 Å². The van der Waals surface area contributed by atoms with Gasteiger partial charge in [-0.25, -0.2) is 9.97 Å². The van der Waals surface area contributed by atoms with Crippen molar-refractivity contribution in [1.82, 2.24) is 19.3 Å². The van der Waals surface area contributed by atoms with Crippen LogP contribution in [0.25, 0.3) is 5.65 Å². The molecule has 0 fully saturated rings. The zero-order valence-corrected chi connectivity index (χ0v) is 15.5. The second-order valence-electron chi connectivity index (χ2n) is 5.92. The van der Waals surface area contributed by atoms with E-state index in [4.69, 9.17) is 11.6 Å². The Morgan fingerprint density at radius 1 is 1.38 bits per heavy atom. The van der Waals surface area contributed by atoms with Crippen molar-refractivity contribution in [2.45, 2.75) is 26.8 Å². The SMILES string of the molecule is Cc1ncsc1CCN(C)Cc1c(Cl)nc2c(C)cccn2c1=O. The molecule has 0 bridgehead atoms. The van der Waals surface area contributed by atoms with Crippen LogP contribution >= 0.6 is 22.9 Å². The number of pyridine rings is 1. The minimum absolute atomic E-state index is 0.102. The first kappa shape index (κ1) is 17.1. The Hall–Kier alpha value is -1.76. The van der Waals surface area contributed by atoms with Gasteiger partial charge in [0.1, 0.15) is 10.8 Å². The zero-order valence-electron chi connectivity index (χ0n) is 13.9. The van der Waals surface area contributed by atoms with Crippen LogP contribution in [0, 0.1) is 13.8 Å². The minimum Gasteiger partial charge on any atom is -0.301 e. The van der Waals surface area contributed by atoms with Crippen LogP contribution in [0.4, 0.5) is 0 Å². The molecule has 0 saturated heterocycles. The highest BCUT2D eigenvalue weighted by molar-refractivity contribution is 7.09. The lowest BCUT2D eigenvalue weighted by Gasteiger charge is -2.17. The third kappa shape index (κ3) is 3.36. The van der Waals surface area contributed by atoms with E-state index in [0.717, 1.165) is 24.2 Å². The highest BCUT2D eigenvalue weighted by Gasteiger charge is 2.14. The van der Waals surface area contributed by atoms with Gasteiger partial charge in [-0.05, 0) is 38.9 Å². The predicted molar refractivity (Wildman–Crippen MR) is 98.1 cm³/mol. The van der Waals surface area contributed by atoms with E-state index in [1.54, 1.807) is 21.9 Å². The number of rotatable bonds is 5. The predicted octanol–water partition coefficient (Wildman–Crippen LogP) is 3.10. The number of fused-ring (bicyclic) bond motifs is 1. The van der Waals surface area contributed by atoms with Gasteiger partial charge in [0.15, 0.2) is 0 Å². The van der Waals surface area contributed by atoms with Crippen LogP contribution in [0.5, 0.6) is 0 Å². The number of aromatic nitrogens is 3. The van der Waals surface area contributed by atoms with Crippen molar-refractivity contribution in [2.75, 3.05) is 13.6 Å². The van der Waals surface area contributed by atoms with Gasteiger partial charge in [0.2, 0.25) is 0 Å². The molecule has 0 N–H and O–H groups in total. The molecular formula is C17H19ClN4OS. The summed E-state index contributed by atoms with van der Waals surface area (Å²) in [4.78, 5) is 24.8. The topological polar surface area (TPSA) is 50.5 Å². The van der Waals surface area contributed by atoms with Crippen LogP contribution < -0.4 is 5.56 Å². The molecule has 0 aliphatic carbocycles. The molecule has 3 aromatic rings. The van der Waals surface area contributed by atoms with Gasteiger partial charge in [0.05, 0.1) is 16.8 Å². The Kier molecular flexibility index (Phi) is 4.99. The second kappa shape index (κ2) is 7.01. The summed E-state index contributed by atoms with van der Waals surface area (Å²) in [5.41, 5.74) is 4.91. The Labute approximate surface area is 149 Å². The lowest BCUT2D eigenvalue weighted by Crippen LogP contribution is -2.28. The first-order valence-electron chi connectivity index (χ1n) is 7.71. The molecule has 0 aliphatic rings. The quantitative estimate of drug-likeness (QED) is 0.654. The van der Waals surface area contributed by atoms with E-state index >= 15 is 0 Å². The number of halogens is 1. The number of nitrogens with zero attached hydrogens (tertiary/aromatic N) is 4. The first-order chi connectivity index (χ1) is 11.5. The summed E-state index contributed by atoms with van der Waals surface area (Å²) in [5.74, 6) is 0. The number of aryl methyl sites for hydroxylation is 2. The highest BCUT2D eigenvalue weighted by atomic mass is 35.5. The molecule has 3 aromatic heterocycles. The maximum Gasteiger partial charge on any atom is 0.263 e. The molecule has 126 valence electrons. The van der Waals surface area contributed by atoms with Crippen LogP contribution in [-0.4, -0.2) is 32.9 Å². The molecule has 0 spiro atoms. The number of hydrogen-bond donors (Lipinski definition) is 0. The van der Waals surface area contributed by atoms with Gasteiger partial charge in [-0.3, -0.25) is 9.20 Å². The Bertz CT molecular complexity index is 934. The van der Waals surface area contributed by atoms with E-state index in [1.165, 1.54) is 4.88 Å². The average Bonchev–Trinajstić information content (AvgIpc) is 2.96. The molecule has 0 saturated carbocycles. The fourth-order valence-corrected chi connectivity index (χ4v) is 3.64. The van der Waals surface area contributed by atoms with E-state index < -0.39 is 0 Å². The maximum absolute atomic E-state index is 12.7. The van der Waals surface area contributed by atoms with E-state index in [1.807, 2.05) is 38.5 Å². The van der Waals surface area contributed by atoms with Gasteiger partial charge in [0.25, 0.3) is 5.56 Å². The van der Waals surface area contributed by atoms with Crippen molar-refractivity contribution in [2.24, 2.45) is 0 Å². The van der Waals surface area contributed by atoms with Crippen LogP contribution in [0.15, 0.2) is 28.6 Å². The summed E-state index contributed by atoms with van der Waals surface area (Å²) >= 11 is 7.96. The summed E-state index contributed by atoms with van der Waals surface area (Å²) in [6, 6.07) is 3.76. The molecule has 5 nitrogen and oxygen atoms in total. The molecule has 3 heterocycles. The molecule has 0 atom stereocenters. The number of thiazole rings is 1. The van der Waals surface area contributed by atoms with Gasteiger partial charge in [0, 0.05) is 24.2 Å². The minimum atomic E-state index is -0.102. The third-order valence-corrected chi connectivity index (χ3v) is 5.39. The van der Waals surface area contributed by atoms with Crippen LogP contribution in [-0.2, 0) is 13.0 Å². The maximum atomic E-state index is 12.7. The average molecular weight is 363 g/mol. The molecule has 3 rings (SSSR count). The fraction of sp³-hybridized carbons (Fsp3) is 0.353. The van der Waals surface area contributed by atoms with Crippen LogP contribution in [0.3, 0.4) is 0 Å².